The Bertz CT molecular complexity index is 404. The maximum atomic E-state index is 5.24. The van der Waals surface area contributed by atoms with Crippen LogP contribution in [0.25, 0.3) is 0 Å². The van der Waals surface area contributed by atoms with Crippen LogP contribution in [0.2, 0.25) is 0 Å². The van der Waals surface area contributed by atoms with E-state index in [-0.39, 0.29) is 0 Å². The van der Waals surface area contributed by atoms with E-state index in [0.29, 0.717) is 5.54 Å². The first-order valence-corrected chi connectivity index (χ1v) is 7.45. The Morgan fingerprint density at radius 3 is 2.53 bits per heavy atom. The van der Waals surface area contributed by atoms with E-state index in [4.69, 9.17) is 4.74 Å². The Labute approximate surface area is 115 Å². The fourth-order valence-corrected chi connectivity index (χ4v) is 3.53. The zero-order chi connectivity index (χ0) is 13.1. The van der Waals surface area contributed by atoms with E-state index in [1.807, 2.05) is 0 Å². The molecule has 1 N–H and O–H groups in total. The van der Waals surface area contributed by atoms with Crippen LogP contribution < -0.4 is 15.0 Å². The van der Waals surface area contributed by atoms with Crippen LogP contribution >= 0.6 is 0 Å². The van der Waals surface area contributed by atoms with Gasteiger partial charge in [-0.05, 0) is 37.1 Å². The zero-order valence-electron chi connectivity index (χ0n) is 11.8. The van der Waals surface area contributed by atoms with Gasteiger partial charge in [0.1, 0.15) is 5.75 Å². The molecule has 3 nitrogen and oxygen atoms in total. The van der Waals surface area contributed by atoms with Gasteiger partial charge in [0.25, 0.3) is 0 Å². The highest BCUT2D eigenvalue weighted by atomic mass is 16.5. The third-order valence-electron chi connectivity index (χ3n) is 4.62. The summed E-state index contributed by atoms with van der Waals surface area (Å²) >= 11 is 0. The summed E-state index contributed by atoms with van der Waals surface area (Å²) in [5.74, 6) is 0.936. The Morgan fingerprint density at radius 2 is 1.84 bits per heavy atom. The number of rotatable bonds is 2. The average molecular weight is 260 g/mol. The standard InChI is InChI=1S/C16H24N2O/c1-19-15-7-5-14(6-8-15)18-12-11-17-16(13-18)9-3-2-4-10-16/h5-8,17H,2-4,9-13H2,1H3. The Morgan fingerprint density at radius 1 is 1.11 bits per heavy atom. The number of nitrogens with one attached hydrogen (secondary N) is 1. The van der Waals surface area contributed by atoms with E-state index in [1.54, 1.807) is 7.11 Å². The quantitative estimate of drug-likeness (QED) is 0.885. The number of hydrogen-bond acceptors (Lipinski definition) is 3. The third kappa shape index (κ3) is 2.71. The largest absolute Gasteiger partial charge is 0.497 e. The molecule has 1 heterocycles. The van der Waals surface area contributed by atoms with Crippen molar-refractivity contribution in [1.82, 2.24) is 5.32 Å². The minimum absolute atomic E-state index is 0.371. The second kappa shape index (κ2) is 5.41. The minimum Gasteiger partial charge on any atom is -0.497 e. The van der Waals surface area contributed by atoms with Gasteiger partial charge in [-0.2, -0.15) is 0 Å². The molecule has 0 bridgehead atoms. The topological polar surface area (TPSA) is 24.5 Å². The van der Waals surface area contributed by atoms with Gasteiger partial charge in [0.05, 0.1) is 7.11 Å². The Kier molecular flexibility index (Phi) is 3.65. The molecule has 2 aliphatic rings. The molecule has 104 valence electrons. The lowest BCUT2D eigenvalue weighted by molar-refractivity contribution is 0.216. The summed E-state index contributed by atoms with van der Waals surface area (Å²) in [5, 5.41) is 3.79. The molecule has 1 aliphatic heterocycles. The SMILES string of the molecule is COc1ccc(N2CCNC3(CCCCC3)C2)cc1. The van der Waals surface area contributed by atoms with Crippen LogP contribution in [0.4, 0.5) is 5.69 Å². The number of nitrogens with zero attached hydrogens (tertiary/aromatic N) is 1. The Hall–Kier alpha value is -1.22. The highest BCUT2D eigenvalue weighted by molar-refractivity contribution is 5.50. The van der Waals surface area contributed by atoms with Crippen LogP contribution in [0.15, 0.2) is 24.3 Å². The number of piperazine rings is 1. The summed E-state index contributed by atoms with van der Waals surface area (Å²) in [6.07, 6.45) is 6.83. The smallest absolute Gasteiger partial charge is 0.119 e. The van der Waals surface area contributed by atoms with E-state index in [1.165, 1.54) is 37.8 Å². The van der Waals surface area contributed by atoms with Crippen molar-refractivity contribution in [2.45, 2.75) is 37.6 Å². The van der Waals surface area contributed by atoms with Crippen molar-refractivity contribution in [3.63, 3.8) is 0 Å². The molecular weight excluding hydrogens is 236 g/mol. The van der Waals surface area contributed by atoms with Gasteiger partial charge in [-0.15, -0.1) is 0 Å². The fraction of sp³-hybridized carbons (Fsp3) is 0.625. The molecule has 19 heavy (non-hydrogen) atoms. The van der Waals surface area contributed by atoms with Crippen molar-refractivity contribution in [3.8, 4) is 5.75 Å². The van der Waals surface area contributed by atoms with E-state index in [9.17, 15) is 0 Å². The Balaban J connectivity index is 1.73. The maximum Gasteiger partial charge on any atom is 0.119 e. The van der Waals surface area contributed by atoms with E-state index >= 15 is 0 Å². The number of benzene rings is 1. The van der Waals surface area contributed by atoms with Gasteiger partial charge in [-0.3, -0.25) is 0 Å². The van der Waals surface area contributed by atoms with Crippen LogP contribution in [0.1, 0.15) is 32.1 Å². The lowest BCUT2D eigenvalue weighted by Crippen LogP contribution is -2.61. The maximum absolute atomic E-state index is 5.24. The minimum atomic E-state index is 0.371. The lowest BCUT2D eigenvalue weighted by atomic mass is 9.80. The predicted octanol–water partition coefficient (Wildman–Crippen LogP) is 2.81. The zero-order valence-corrected chi connectivity index (χ0v) is 11.8. The molecule has 1 aromatic carbocycles. The normalized spacial score (nSPS) is 22.5. The van der Waals surface area contributed by atoms with Crippen molar-refractivity contribution in [3.05, 3.63) is 24.3 Å². The average Bonchev–Trinajstić information content (AvgIpc) is 2.48. The molecule has 3 rings (SSSR count). The summed E-state index contributed by atoms with van der Waals surface area (Å²) in [5.41, 5.74) is 1.70. The first-order chi connectivity index (χ1) is 9.31. The van der Waals surface area contributed by atoms with E-state index in [0.717, 1.165) is 25.4 Å². The fourth-order valence-electron chi connectivity index (χ4n) is 3.53. The van der Waals surface area contributed by atoms with Crippen LogP contribution in [0, 0.1) is 0 Å². The van der Waals surface area contributed by atoms with Gasteiger partial charge in [0, 0.05) is 30.9 Å². The van der Waals surface area contributed by atoms with Crippen molar-refractivity contribution in [2.24, 2.45) is 0 Å². The van der Waals surface area contributed by atoms with Crippen molar-refractivity contribution < 1.29 is 4.74 Å². The highest BCUT2D eigenvalue weighted by Crippen LogP contribution is 2.32. The molecular formula is C16H24N2O. The first-order valence-electron chi connectivity index (χ1n) is 7.45. The number of methoxy groups -OCH3 is 1. The van der Waals surface area contributed by atoms with E-state index in [2.05, 4.69) is 34.5 Å². The van der Waals surface area contributed by atoms with Gasteiger partial charge in [0.2, 0.25) is 0 Å². The number of ether oxygens (including phenoxy) is 1. The molecule has 0 amide bonds. The molecule has 1 spiro atoms. The molecule has 0 radical (unpaired) electrons. The van der Waals surface area contributed by atoms with Gasteiger partial charge >= 0.3 is 0 Å². The summed E-state index contributed by atoms with van der Waals surface area (Å²) in [6.45, 7) is 3.36. The van der Waals surface area contributed by atoms with Gasteiger partial charge in [0.15, 0.2) is 0 Å². The summed E-state index contributed by atoms with van der Waals surface area (Å²) in [4.78, 5) is 2.53. The summed E-state index contributed by atoms with van der Waals surface area (Å²) < 4.78 is 5.24. The second-order valence-electron chi connectivity index (χ2n) is 5.89. The van der Waals surface area contributed by atoms with Gasteiger partial charge < -0.3 is 15.0 Å². The molecule has 1 aliphatic carbocycles. The number of anilines is 1. The van der Waals surface area contributed by atoms with Crippen LogP contribution in [-0.4, -0.2) is 32.3 Å². The van der Waals surface area contributed by atoms with Crippen LogP contribution in [0.5, 0.6) is 5.75 Å². The lowest BCUT2D eigenvalue weighted by Gasteiger charge is -2.47. The number of hydrogen-bond donors (Lipinski definition) is 1. The molecule has 1 aromatic rings. The molecule has 0 aromatic heterocycles. The summed E-state index contributed by atoms with van der Waals surface area (Å²) in [7, 11) is 1.72. The monoisotopic (exact) mass is 260 g/mol. The molecule has 1 saturated heterocycles. The van der Waals surface area contributed by atoms with Crippen molar-refractivity contribution in [2.75, 3.05) is 31.6 Å². The molecule has 3 heteroatoms. The van der Waals surface area contributed by atoms with Gasteiger partial charge in [-0.1, -0.05) is 19.3 Å². The van der Waals surface area contributed by atoms with Crippen LogP contribution in [0.3, 0.4) is 0 Å². The molecule has 0 atom stereocenters. The second-order valence-corrected chi connectivity index (χ2v) is 5.89. The highest BCUT2D eigenvalue weighted by Gasteiger charge is 2.36. The van der Waals surface area contributed by atoms with Crippen LogP contribution in [-0.2, 0) is 0 Å². The molecule has 0 unspecified atom stereocenters. The predicted molar refractivity (Wildman–Crippen MR) is 79.0 cm³/mol. The first kappa shape index (κ1) is 12.8. The summed E-state index contributed by atoms with van der Waals surface area (Å²) in [6, 6.07) is 8.48. The van der Waals surface area contributed by atoms with Gasteiger partial charge in [-0.25, -0.2) is 0 Å². The molecule has 2 fully saturated rings. The van der Waals surface area contributed by atoms with E-state index < -0.39 is 0 Å². The van der Waals surface area contributed by atoms with Crippen molar-refractivity contribution >= 4 is 5.69 Å². The molecule has 1 saturated carbocycles. The van der Waals surface area contributed by atoms with Crippen molar-refractivity contribution in [1.29, 1.82) is 0 Å². The third-order valence-corrected chi connectivity index (χ3v) is 4.62.